The van der Waals surface area contributed by atoms with Gasteiger partial charge < -0.3 is 9.64 Å². The molecule has 3 heterocycles. The van der Waals surface area contributed by atoms with Crippen molar-refractivity contribution in [2.24, 2.45) is 7.05 Å². The molecule has 0 saturated carbocycles. The predicted octanol–water partition coefficient (Wildman–Crippen LogP) is 1.87. The molecule has 0 spiro atoms. The van der Waals surface area contributed by atoms with Gasteiger partial charge in [0.2, 0.25) is 0 Å². The number of hydrogen-bond acceptors (Lipinski definition) is 5. The second-order valence-corrected chi connectivity index (χ2v) is 5.37. The number of morpholine rings is 1. The number of ether oxygens (including phenoxy) is 1. The van der Waals surface area contributed by atoms with Gasteiger partial charge in [0.25, 0.3) is 0 Å². The first-order valence-electron chi connectivity index (χ1n) is 7.41. The van der Waals surface area contributed by atoms with Crippen LogP contribution >= 0.6 is 0 Å². The van der Waals surface area contributed by atoms with Gasteiger partial charge in [0.1, 0.15) is 5.69 Å². The molecule has 0 amide bonds. The second kappa shape index (κ2) is 5.38. The number of aromatic nitrogens is 4. The zero-order chi connectivity index (χ0) is 14.9. The summed E-state index contributed by atoms with van der Waals surface area (Å²) in [4.78, 5) is 2.23. The van der Waals surface area contributed by atoms with E-state index in [-0.39, 0.29) is 0 Å². The highest BCUT2D eigenvalue weighted by atomic mass is 16.5. The van der Waals surface area contributed by atoms with Crippen molar-refractivity contribution < 1.29 is 4.74 Å². The summed E-state index contributed by atoms with van der Waals surface area (Å²) in [5, 5.41) is 14.3. The minimum atomic E-state index is 0.721. The number of anilines is 1. The highest BCUT2D eigenvalue weighted by molar-refractivity contribution is 6.00. The van der Waals surface area contributed by atoms with Crippen molar-refractivity contribution in [1.29, 1.82) is 0 Å². The van der Waals surface area contributed by atoms with E-state index in [9.17, 15) is 0 Å². The van der Waals surface area contributed by atoms with Crippen LogP contribution in [0.25, 0.3) is 22.2 Å². The number of hydrogen-bond donors (Lipinski definition) is 0. The van der Waals surface area contributed by atoms with Gasteiger partial charge in [0.15, 0.2) is 5.82 Å². The summed E-state index contributed by atoms with van der Waals surface area (Å²) in [6.07, 6.45) is 1.78. The van der Waals surface area contributed by atoms with E-state index >= 15 is 0 Å². The van der Waals surface area contributed by atoms with E-state index in [1.807, 2.05) is 29.9 Å². The van der Waals surface area contributed by atoms with Crippen LogP contribution in [0.3, 0.4) is 0 Å². The predicted molar refractivity (Wildman–Crippen MR) is 84.8 cm³/mol. The molecule has 2 aromatic heterocycles. The molecule has 1 saturated heterocycles. The van der Waals surface area contributed by atoms with Crippen molar-refractivity contribution in [2.75, 3.05) is 31.2 Å². The highest BCUT2D eigenvalue weighted by Gasteiger charge is 2.21. The lowest BCUT2D eigenvalue weighted by atomic mass is 10.1. The van der Waals surface area contributed by atoms with E-state index < -0.39 is 0 Å². The fourth-order valence-corrected chi connectivity index (χ4v) is 2.89. The molecular weight excluding hydrogens is 278 g/mol. The topological polar surface area (TPSA) is 56.1 Å². The number of rotatable bonds is 2. The maximum absolute atomic E-state index is 5.44. The molecule has 1 fully saturated rings. The molecule has 1 aliphatic rings. The van der Waals surface area contributed by atoms with Crippen LogP contribution in [-0.2, 0) is 11.8 Å². The summed E-state index contributed by atoms with van der Waals surface area (Å²) in [6, 6.07) is 10.2. The van der Waals surface area contributed by atoms with Crippen LogP contribution in [-0.4, -0.2) is 46.3 Å². The summed E-state index contributed by atoms with van der Waals surface area (Å²) in [5.74, 6) is 0.896. The van der Waals surface area contributed by atoms with E-state index in [0.29, 0.717) is 0 Å². The first-order chi connectivity index (χ1) is 10.8. The molecule has 3 aromatic rings. The third-order valence-corrected chi connectivity index (χ3v) is 4.01. The maximum Gasteiger partial charge on any atom is 0.163 e. The average Bonchev–Trinajstić information content (AvgIpc) is 2.94. The molecule has 1 aromatic carbocycles. The molecule has 6 heteroatoms. The van der Waals surface area contributed by atoms with E-state index in [1.54, 1.807) is 6.20 Å². The monoisotopic (exact) mass is 295 g/mol. The van der Waals surface area contributed by atoms with Crippen molar-refractivity contribution >= 4 is 16.7 Å². The van der Waals surface area contributed by atoms with E-state index in [0.717, 1.165) is 54.3 Å². The highest BCUT2D eigenvalue weighted by Crippen LogP contribution is 2.33. The van der Waals surface area contributed by atoms with Gasteiger partial charge in [0, 0.05) is 25.7 Å². The Bertz CT molecular complexity index is 793. The van der Waals surface area contributed by atoms with Gasteiger partial charge >= 0.3 is 0 Å². The number of benzene rings is 1. The number of nitrogens with zero attached hydrogens (tertiary/aromatic N) is 5. The van der Waals surface area contributed by atoms with Crippen molar-refractivity contribution in [3.8, 4) is 11.3 Å². The van der Waals surface area contributed by atoms with E-state index in [2.05, 4.69) is 27.2 Å². The Morgan fingerprint density at radius 2 is 1.86 bits per heavy atom. The quantitative estimate of drug-likeness (QED) is 0.722. The smallest absolute Gasteiger partial charge is 0.163 e. The fourth-order valence-electron chi connectivity index (χ4n) is 2.89. The SMILES string of the molecule is Cn1nc(-c2ccccc2)c2c(N3CCOCC3)nncc21. The summed E-state index contributed by atoms with van der Waals surface area (Å²) in [5.41, 5.74) is 3.04. The molecule has 4 rings (SSSR count). The molecule has 0 radical (unpaired) electrons. The van der Waals surface area contributed by atoms with Crippen LogP contribution in [0.2, 0.25) is 0 Å². The minimum Gasteiger partial charge on any atom is -0.378 e. The molecule has 22 heavy (non-hydrogen) atoms. The van der Waals surface area contributed by atoms with Crippen molar-refractivity contribution in [3.05, 3.63) is 36.5 Å². The summed E-state index contributed by atoms with van der Waals surface area (Å²) in [7, 11) is 1.94. The molecule has 1 aliphatic heterocycles. The van der Waals surface area contributed by atoms with E-state index in [1.165, 1.54) is 0 Å². The van der Waals surface area contributed by atoms with Gasteiger partial charge in [-0.3, -0.25) is 4.68 Å². The second-order valence-electron chi connectivity index (χ2n) is 5.37. The molecule has 112 valence electrons. The van der Waals surface area contributed by atoms with Gasteiger partial charge in [-0.15, -0.1) is 5.10 Å². The summed E-state index contributed by atoms with van der Waals surface area (Å²) in [6.45, 7) is 3.10. The zero-order valence-electron chi connectivity index (χ0n) is 12.4. The average molecular weight is 295 g/mol. The van der Waals surface area contributed by atoms with Gasteiger partial charge in [-0.2, -0.15) is 10.2 Å². The third-order valence-electron chi connectivity index (χ3n) is 4.01. The van der Waals surface area contributed by atoms with Crippen LogP contribution in [0.1, 0.15) is 0 Å². The van der Waals surface area contributed by atoms with Gasteiger partial charge in [0.05, 0.1) is 30.3 Å². The molecule has 0 unspecified atom stereocenters. The van der Waals surface area contributed by atoms with Crippen molar-refractivity contribution in [1.82, 2.24) is 20.0 Å². The van der Waals surface area contributed by atoms with Crippen LogP contribution < -0.4 is 4.90 Å². The largest absolute Gasteiger partial charge is 0.378 e. The third kappa shape index (κ3) is 2.12. The lowest BCUT2D eigenvalue weighted by Gasteiger charge is -2.27. The Morgan fingerprint density at radius 3 is 2.64 bits per heavy atom. The lowest BCUT2D eigenvalue weighted by Crippen LogP contribution is -2.37. The number of aryl methyl sites for hydroxylation is 1. The zero-order valence-corrected chi connectivity index (χ0v) is 12.4. The van der Waals surface area contributed by atoms with E-state index in [4.69, 9.17) is 9.84 Å². The van der Waals surface area contributed by atoms with Gasteiger partial charge in [-0.25, -0.2) is 0 Å². The van der Waals surface area contributed by atoms with Gasteiger partial charge in [-0.05, 0) is 0 Å². The van der Waals surface area contributed by atoms with Crippen LogP contribution in [0.4, 0.5) is 5.82 Å². The molecular formula is C16H17N5O. The molecule has 0 N–H and O–H groups in total. The first-order valence-corrected chi connectivity index (χ1v) is 7.41. The standard InChI is InChI=1S/C16H17N5O/c1-20-13-11-17-18-16(21-7-9-22-10-8-21)14(13)15(19-20)12-5-3-2-4-6-12/h2-6,11H,7-10H2,1H3. The first kappa shape index (κ1) is 13.2. The summed E-state index contributed by atoms with van der Waals surface area (Å²) < 4.78 is 7.31. The Labute approximate surface area is 128 Å². The fraction of sp³-hybridized carbons (Fsp3) is 0.312. The number of fused-ring (bicyclic) bond motifs is 1. The maximum atomic E-state index is 5.44. The van der Waals surface area contributed by atoms with Crippen LogP contribution in [0.15, 0.2) is 36.5 Å². The van der Waals surface area contributed by atoms with Crippen molar-refractivity contribution in [2.45, 2.75) is 0 Å². The Hall–Kier alpha value is -2.47. The molecule has 6 nitrogen and oxygen atoms in total. The lowest BCUT2D eigenvalue weighted by molar-refractivity contribution is 0.122. The summed E-state index contributed by atoms with van der Waals surface area (Å²) >= 11 is 0. The Morgan fingerprint density at radius 1 is 1.09 bits per heavy atom. The Kier molecular flexibility index (Phi) is 3.23. The van der Waals surface area contributed by atoms with Gasteiger partial charge in [-0.1, -0.05) is 30.3 Å². The van der Waals surface area contributed by atoms with Crippen LogP contribution in [0.5, 0.6) is 0 Å². The minimum absolute atomic E-state index is 0.721. The van der Waals surface area contributed by atoms with Crippen molar-refractivity contribution in [3.63, 3.8) is 0 Å². The molecule has 0 bridgehead atoms. The van der Waals surface area contributed by atoms with Crippen LogP contribution in [0, 0.1) is 0 Å². The Balaban J connectivity index is 1.94. The molecule has 0 aliphatic carbocycles. The normalized spacial score (nSPS) is 15.4. The molecule has 0 atom stereocenters.